The Kier molecular flexibility index (Phi) is 6.64. The van der Waals surface area contributed by atoms with Gasteiger partial charge in [0.15, 0.2) is 5.96 Å². The highest BCUT2D eigenvalue weighted by Crippen LogP contribution is 2.26. The van der Waals surface area contributed by atoms with Gasteiger partial charge in [0.25, 0.3) is 0 Å². The topological polar surface area (TPSA) is 88.7 Å². The third kappa shape index (κ3) is 6.53. The first-order chi connectivity index (χ1) is 12.8. The van der Waals surface area contributed by atoms with E-state index in [1.165, 1.54) is 25.2 Å². The Morgan fingerprint density at radius 3 is 2.48 bits per heavy atom. The average Bonchev–Trinajstić information content (AvgIpc) is 2.62. The van der Waals surface area contributed by atoms with Crippen LogP contribution >= 0.6 is 0 Å². The van der Waals surface area contributed by atoms with Crippen LogP contribution in [0.5, 0.6) is 5.75 Å². The fourth-order valence-electron chi connectivity index (χ4n) is 2.29. The van der Waals surface area contributed by atoms with Gasteiger partial charge in [0.1, 0.15) is 5.75 Å². The van der Waals surface area contributed by atoms with Gasteiger partial charge in [-0.3, -0.25) is 9.79 Å². The zero-order valence-corrected chi connectivity index (χ0v) is 14.5. The molecule has 0 aliphatic rings. The number of para-hydroxylation sites is 1. The number of amides is 1. The van der Waals surface area contributed by atoms with Crippen molar-refractivity contribution in [3.8, 4) is 5.75 Å². The van der Waals surface area contributed by atoms with Crippen LogP contribution in [0, 0.1) is 0 Å². The molecule has 2 rings (SSSR count). The number of nitrogens with one attached hydrogen (secondary N) is 2. The molecule has 0 radical (unpaired) electrons. The number of guanidine groups is 1. The highest BCUT2D eigenvalue weighted by molar-refractivity contribution is 5.92. The predicted molar refractivity (Wildman–Crippen MR) is 95.1 cm³/mol. The van der Waals surface area contributed by atoms with E-state index in [-0.39, 0.29) is 12.3 Å². The van der Waals surface area contributed by atoms with Crippen LogP contribution in [0.1, 0.15) is 21.5 Å². The molecule has 9 heteroatoms. The molecule has 1 amide bonds. The van der Waals surface area contributed by atoms with Crippen molar-refractivity contribution in [2.24, 2.45) is 10.7 Å². The first-order valence-electron chi connectivity index (χ1n) is 7.95. The number of ether oxygens (including phenoxy) is 1. The van der Waals surface area contributed by atoms with Crippen LogP contribution in [0.3, 0.4) is 0 Å². The zero-order valence-electron chi connectivity index (χ0n) is 14.5. The molecule has 2 aromatic rings. The lowest BCUT2D eigenvalue weighted by Gasteiger charge is -2.15. The van der Waals surface area contributed by atoms with Crippen LogP contribution in [0.4, 0.5) is 13.2 Å². The van der Waals surface area contributed by atoms with Gasteiger partial charge < -0.3 is 21.1 Å². The van der Waals surface area contributed by atoms with Crippen LogP contribution < -0.4 is 21.1 Å². The van der Waals surface area contributed by atoms with Gasteiger partial charge in [-0.25, -0.2) is 0 Å². The van der Waals surface area contributed by atoms with Crippen molar-refractivity contribution in [1.29, 1.82) is 0 Å². The van der Waals surface area contributed by atoms with Crippen molar-refractivity contribution in [3.05, 3.63) is 65.2 Å². The van der Waals surface area contributed by atoms with Gasteiger partial charge in [-0.2, -0.15) is 0 Å². The zero-order chi connectivity index (χ0) is 19.9. The highest BCUT2D eigenvalue weighted by Gasteiger charge is 2.31. The number of hydrogen-bond acceptors (Lipinski definition) is 3. The van der Waals surface area contributed by atoms with E-state index in [1.807, 2.05) is 0 Å². The summed E-state index contributed by atoms with van der Waals surface area (Å²) in [4.78, 5) is 15.2. The molecule has 6 nitrogen and oxygen atoms in total. The molecule has 27 heavy (non-hydrogen) atoms. The third-order valence-corrected chi connectivity index (χ3v) is 3.54. The second kappa shape index (κ2) is 8.93. The molecule has 0 aromatic heterocycles. The summed E-state index contributed by atoms with van der Waals surface area (Å²) in [6.45, 7) is 0.425. The molecule has 2 aromatic carbocycles. The molecular weight excluding hydrogens is 361 g/mol. The molecule has 0 spiro atoms. The summed E-state index contributed by atoms with van der Waals surface area (Å²) in [5, 5.41) is 5.93. The van der Waals surface area contributed by atoms with Gasteiger partial charge in [0.05, 0.1) is 0 Å². The number of alkyl halides is 3. The number of carbonyl (C=O) groups excluding carboxylic acids is 1. The molecule has 0 heterocycles. The minimum Gasteiger partial charge on any atom is -0.405 e. The summed E-state index contributed by atoms with van der Waals surface area (Å²) in [5.41, 5.74) is 6.76. The van der Waals surface area contributed by atoms with Crippen LogP contribution in [-0.2, 0) is 13.1 Å². The van der Waals surface area contributed by atoms with Gasteiger partial charge >= 0.3 is 6.36 Å². The van der Waals surface area contributed by atoms with Gasteiger partial charge in [-0.1, -0.05) is 30.3 Å². The summed E-state index contributed by atoms with van der Waals surface area (Å²) in [6.07, 6.45) is -4.76. The summed E-state index contributed by atoms with van der Waals surface area (Å²) in [6, 6.07) is 12.6. The van der Waals surface area contributed by atoms with Gasteiger partial charge in [0.2, 0.25) is 5.91 Å². The molecule has 0 unspecified atom stereocenters. The molecule has 0 atom stereocenters. The molecule has 0 fully saturated rings. The van der Waals surface area contributed by atoms with Crippen molar-refractivity contribution in [1.82, 2.24) is 10.6 Å². The van der Waals surface area contributed by atoms with Crippen molar-refractivity contribution in [3.63, 3.8) is 0 Å². The number of nitrogens with zero attached hydrogens (tertiary/aromatic N) is 1. The van der Waals surface area contributed by atoms with Crippen LogP contribution in [0.2, 0.25) is 0 Å². The van der Waals surface area contributed by atoms with E-state index in [4.69, 9.17) is 5.73 Å². The first-order valence-corrected chi connectivity index (χ1v) is 7.95. The molecule has 0 saturated carbocycles. The smallest absolute Gasteiger partial charge is 0.405 e. The largest absolute Gasteiger partial charge is 0.573 e. The number of aliphatic imine (C=N–C) groups is 1. The fourth-order valence-corrected chi connectivity index (χ4v) is 2.29. The van der Waals surface area contributed by atoms with Gasteiger partial charge in [-0.15, -0.1) is 13.2 Å². The Balaban J connectivity index is 1.97. The Hall–Kier alpha value is -3.23. The molecule has 0 saturated heterocycles. The highest BCUT2D eigenvalue weighted by atomic mass is 19.4. The van der Waals surface area contributed by atoms with Gasteiger partial charge in [0, 0.05) is 31.3 Å². The normalized spacial score (nSPS) is 11.8. The summed E-state index contributed by atoms with van der Waals surface area (Å²) in [7, 11) is 1.54. The molecule has 0 bridgehead atoms. The quantitative estimate of drug-likeness (QED) is 0.531. The molecule has 144 valence electrons. The Bertz CT molecular complexity index is 822. The summed E-state index contributed by atoms with van der Waals surface area (Å²) in [5.74, 6) is -0.427. The number of benzene rings is 2. The predicted octanol–water partition coefficient (Wildman–Crippen LogP) is 2.55. The van der Waals surface area contributed by atoms with Crippen LogP contribution in [-0.4, -0.2) is 25.3 Å². The van der Waals surface area contributed by atoms with Crippen molar-refractivity contribution < 1.29 is 22.7 Å². The molecule has 0 aliphatic heterocycles. The number of carbonyl (C=O) groups is 1. The lowest BCUT2D eigenvalue weighted by molar-refractivity contribution is -0.274. The van der Waals surface area contributed by atoms with E-state index >= 15 is 0 Å². The number of primary amides is 1. The minimum atomic E-state index is -4.76. The minimum absolute atomic E-state index is 0.0766. The second-order valence-corrected chi connectivity index (χ2v) is 5.50. The maximum atomic E-state index is 12.5. The lowest BCUT2D eigenvalue weighted by atomic mass is 10.1. The van der Waals surface area contributed by atoms with E-state index in [2.05, 4.69) is 20.4 Å². The van der Waals surface area contributed by atoms with E-state index in [1.54, 1.807) is 30.3 Å². The Morgan fingerprint density at radius 2 is 1.81 bits per heavy atom. The summed E-state index contributed by atoms with van der Waals surface area (Å²) < 4.78 is 41.4. The van der Waals surface area contributed by atoms with E-state index in [9.17, 15) is 18.0 Å². The average molecular weight is 380 g/mol. The number of rotatable bonds is 6. The Morgan fingerprint density at radius 1 is 1.11 bits per heavy atom. The molecular formula is C18H19F3N4O2. The van der Waals surface area contributed by atoms with E-state index in [0.29, 0.717) is 23.6 Å². The third-order valence-electron chi connectivity index (χ3n) is 3.54. The van der Waals surface area contributed by atoms with Gasteiger partial charge in [-0.05, 0) is 23.8 Å². The van der Waals surface area contributed by atoms with E-state index < -0.39 is 12.3 Å². The standard InChI is InChI=1S/C18H19F3N4O2/c1-23-17(24-10-12-5-4-7-13(9-12)16(22)26)25-11-14-6-2-3-8-15(14)27-18(19,20)21/h2-9H,10-11H2,1H3,(H2,22,26)(H2,23,24,25). The van der Waals surface area contributed by atoms with E-state index in [0.717, 1.165) is 5.56 Å². The second-order valence-electron chi connectivity index (χ2n) is 5.50. The van der Waals surface area contributed by atoms with Crippen LogP contribution in [0.25, 0.3) is 0 Å². The lowest BCUT2D eigenvalue weighted by Crippen LogP contribution is -2.36. The number of halogens is 3. The SMILES string of the molecule is CN=C(NCc1cccc(C(N)=O)c1)NCc1ccccc1OC(F)(F)F. The first kappa shape index (κ1) is 20.1. The maximum Gasteiger partial charge on any atom is 0.573 e. The van der Waals surface area contributed by atoms with Crippen molar-refractivity contribution in [2.45, 2.75) is 19.5 Å². The maximum absolute atomic E-state index is 12.5. The van der Waals surface area contributed by atoms with Crippen molar-refractivity contribution in [2.75, 3.05) is 7.05 Å². The number of hydrogen-bond donors (Lipinski definition) is 3. The monoisotopic (exact) mass is 380 g/mol. The van der Waals surface area contributed by atoms with Crippen LogP contribution in [0.15, 0.2) is 53.5 Å². The number of nitrogens with two attached hydrogens (primary N) is 1. The molecule has 4 N–H and O–H groups in total. The molecule has 0 aliphatic carbocycles. The fraction of sp³-hybridized carbons (Fsp3) is 0.222. The van der Waals surface area contributed by atoms with Crippen molar-refractivity contribution >= 4 is 11.9 Å². The Labute approximate surface area is 154 Å². The summed E-state index contributed by atoms with van der Waals surface area (Å²) >= 11 is 0.